The molecule has 0 aliphatic heterocycles. The normalized spacial score (nSPS) is 11.7. The van der Waals surface area contributed by atoms with Crippen LogP contribution >= 0.6 is 11.8 Å². The Bertz CT molecular complexity index is 980. The lowest BCUT2D eigenvalue weighted by atomic mass is 10.2. The van der Waals surface area contributed by atoms with Crippen LogP contribution in [0.2, 0.25) is 0 Å². The van der Waals surface area contributed by atoms with Gasteiger partial charge in [-0.3, -0.25) is 4.79 Å². The van der Waals surface area contributed by atoms with Crippen LogP contribution in [-0.2, 0) is 14.8 Å². The minimum atomic E-state index is -3.59. The van der Waals surface area contributed by atoms with E-state index in [1.807, 2.05) is 27.7 Å². The molecule has 0 fully saturated rings. The molecule has 2 rings (SSSR count). The summed E-state index contributed by atoms with van der Waals surface area (Å²) in [5.41, 5.74) is 4.11. The van der Waals surface area contributed by atoms with Crippen LogP contribution in [0.3, 0.4) is 0 Å². The van der Waals surface area contributed by atoms with Crippen LogP contribution in [-0.4, -0.2) is 47.4 Å². The number of hydrogen-bond acceptors (Lipinski definition) is 6. The Balaban J connectivity index is 2.14. The summed E-state index contributed by atoms with van der Waals surface area (Å²) in [5.74, 6) is -0.107. The van der Waals surface area contributed by atoms with E-state index in [-0.39, 0.29) is 16.6 Å². The fourth-order valence-corrected chi connectivity index (χ4v) is 4.95. The third-order valence-corrected chi connectivity index (χ3v) is 7.66. The number of amides is 1. The Morgan fingerprint density at radius 3 is 2.21 bits per heavy atom. The first-order chi connectivity index (χ1) is 13.6. The smallest absolute Gasteiger partial charge is 0.243 e. The maximum atomic E-state index is 12.7. The number of aromatic nitrogens is 2. The summed E-state index contributed by atoms with van der Waals surface area (Å²) in [6.45, 7) is 12.0. The molecule has 7 nitrogen and oxygen atoms in total. The van der Waals surface area contributed by atoms with E-state index in [1.165, 1.54) is 22.1 Å². The summed E-state index contributed by atoms with van der Waals surface area (Å²) in [6.07, 6.45) is 0. The van der Waals surface area contributed by atoms with Crippen molar-refractivity contribution in [2.45, 2.75) is 51.6 Å². The molecule has 0 saturated carbocycles. The summed E-state index contributed by atoms with van der Waals surface area (Å²) in [7, 11) is -3.59. The Hall–Kier alpha value is -1.97. The molecule has 1 heterocycles. The number of anilines is 1. The number of rotatable bonds is 8. The first kappa shape index (κ1) is 23.3. The van der Waals surface area contributed by atoms with Crippen LogP contribution in [0, 0.1) is 27.7 Å². The van der Waals surface area contributed by atoms with Crippen molar-refractivity contribution in [2.75, 3.05) is 24.2 Å². The van der Waals surface area contributed by atoms with Gasteiger partial charge in [0, 0.05) is 30.2 Å². The first-order valence-electron chi connectivity index (χ1n) is 9.45. The molecule has 0 radical (unpaired) electrons. The van der Waals surface area contributed by atoms with Gasteiger partial charge in [0.15, 0.2) is 5.16 Å². The van der Waals surface area contributed by atoms with E-state index in [0.717, 1.165) is 22.5 Å². The Morgan fingerprint density at radius 2 is 1.66 bits per heavy atom. The van der Waals surface area contributed by atoms with E-state index < -0.39 is 10.0 Å². The average Bonchev–Trinajstić information content (AvgIpc) is 2.66. The minimum Gasteiger partial charge on any atom is -0.325 e. The highest BCUT2D eigenvalue weighted by Gasteiger charge is 2.22. The van der Waals surface area contributed by atoms with E-state index in [2.05, 4.69) is 15.3 Å². The molecule has 0 aliphatic rings. The number of hydrogen-bond donors (Lipinski definition) is 1. The van der Waals surface area contributed by atoms with E-state index >= 15 is 0 Å². The van der Waals surface area contributed by atoms with Crippen molar-refractivity contribution in [1.29, 1.82) is 0 Å². The van der Waals surface area contributed by atoms with Gasteiger partial charge in [0.25, 0.3) is 0 Å². The largest absolute Gasteiger partial charge is 0.325 e. The van der Waals surface area contributed by atoms with Crippen LogP contribution in [0.1, 0.15) is 36.4 Å². The average molecular weight is 437 g/mol. The van der Waals surface area contributed by atoms with Crippen molar-refractivity contribution in [3.8, 4) is 0 Å². The lowest BCUT2D eigenvalue weighted by Crippen LogP contribution is -2.30. The first-order valence-corrected chi connectivity index (χ1v) is 11.9. The van der Waals surface area contributed by atoms with Gasteiger partial charge in [-0.2, -0.15) is 4.31 Å². The van der Waals surface area contributed by atoms with E-state index in [9.17, 15) is 13.2 Å². The van der Waals surface area contributed by atoms with Crippen molar-refractivity contribution >= 4 is 33.4 Å². The van der Waals surface area contributed by atoms with Crippen molar-refractivity contribution in [1.82, 2.24) is 14.3 Å². The van der Waals surface area contributed by atoms with Crippen molar-refractivity contribution < 1.29 is 13.2 Å². The fraction of sp³-hybridized carbons (Fsp3) is 0.450. The molecule has 0 bridgehead atoms. The Kier molecular flexibility index (Phi) is 7.79. The number of carbonyl (C=O) groups excluding carboxylic acids is 1. The number of aryl methyl sites for hydroxylation is 3. The molecular formula is C20H28N4O3S2. The van der Waals surface area contributed by atoms with Crippen molar-refractivity contribution in [3.63, 3.8) is 0 Å². The number of benzene rings is 1. The molecule has 29 heavy (non-hydrogen) atoms. The van der Waals surface area contributed by atoms with Crippen LogP contribution in [0.4, 0.5) is 5.69 Å². The topological polar surface area (TPSA) is 92.3 Å². The van der Waals surface area contributed by atoms with E-state index in [4.69, 9.17) is 0 Å². The lowest BCUT2D eigenvalue weighted by molar-refractivity contribution is -0.113. The zero-order chi connectivity index (χ0) is 21.8. The van der Waals surface area contributed by atoms with Gasteiger partial charge in [-0.25, -0.2) is 18.4 Å². The zero-order valence-corrected chi connectivity index (χ0v) is 19.4. The number of carbonyl (C=O) groups is 1. The maximum absolute atomic E-state index is 12.7. The highest BCUT2D eigenvalue weighted by molar-refractivity contribution is 7.99. The summed E-state index contributed by atoms with van der Waals surface area (Å²) in [6, 6.07) is 4.79. The molecule has 1 amide bonds. The van der Waals surface area contributed by atoms with Gasteiger partial charge in [-0.05, 0) is 51.0 Å². The second kappa shape index (κ2) is 9.69. The molecule has 1 N–H and O–H groups in total. The fourth-order valence-electron chi connectivity index (χ4n) is 2.73. The minimum absolute atomic E-state index is 0.133. The number of sulfonamides is 1. The third-order valence-electron chi connectivity index (χ3n) is 4.77. The molecular weight excluding hydrogens is 408 g/mol. The van der Waals surface area contributed by atoms with Gasteiger partial charge < -0.3 is 5.32 Å². The van der Waals surface area contributed by atoms with Gasteiger partial charge in [-0.15, -0.1) is 0 Å². The van der Waals surface area contributed by atoms with Crippen LogP contribution in [0.15, 0.2) is 28.3 Å². The monoisotopic (exact) mass is 436 g/mol. The zero-order valence-electron chi connectivity index (χ0n) is 17.7. The highest BCUT2D eigenvalue weighted by atomic mass is 32.2. The molecule has 0 unspecified atom stereocenters. The van der Waals surface area contributed by atoms with Gasteiger partial charge in [0.05, 0.1) is 10.6 Å². The predicted octanol–water partition coefficient (Wildman–Crippen LogP) is 3.47. The molecule has 9 heteroatoms. The number of nitrogens with one attached hydrogen (secondary N) is 1. The van der Waals surface area contributed by atoms with Gasteiger partial charge in [0.2, 0.25) is 15.9 Å². The summed E-state index contributed by atoms with van der Waals surface area (Å²) in [5, 5.41) is 3.36. The molecule has 2 aromatic rings. The Morgan fingerprint density at radius 1 is 1.07 bits per heavy atom. The van der Waals surface area contributed by atoms with E-state index in [0.29, 0.717) is 23.9 Å². The second-order valence-electron chi connectivity index (χ2n) is 6.70. The molecule has 0 atom stereocenters. The molecule has 0 saturated heterocycles. The van der Waals surface area contributed by atoms with Crippen molar-refractivity contribution in [3.05, 3.63) is 40.7 Å². The Labute approximate surface area is 177 Å². The maximum Gasteiger partial charge on any atom is 0.243 e. The third kappa shape index (κ3) is 5.55. The summed E-state index contributed by atoms with van der Waals surface area (Å²) >= 11 is 1.25. The quantitative estimate of drug-likeness (QED) is 0.503. The lowest BCUT2D eigenvalue weighted by Gasteiger charge is -2.19. The molecule has 1 aromatic carbocycles. The van der Waals surface area contributed by atoms with Gasteiger partial charge in [0.1, 0.15) is 0 Å². The SMILES string of the molecule is CCN(CC)S(=O)(=O)c1ccc(C)c(NC(=O)CSc2nc(C)c(C)c(C)n2)c1. The molecule has 0 aliphatic carbocycles. The number of thioether (sulfide) groups is 1. The van der Waals surface area contributed by atoms with Crippen molar-refractivity contribution in [2.24, 2.45) is 0 Å². The van der Waals surface area contributed by atoms with E-state index in [1.54, 1.807) is 26.0 Å². The second-order valence-corrected chi connectivity index (χ2v) is 9.59. The van der Waals surface area contributed by atoms with Crippen LogP contribution in [0.5, 0.6) is 0 Å². The van der Waals surface area contributed by atoms with Gasteiger partial charge in [-0.1, -0.05) is 31.7 Å². The summed E-state index contributed by atoms with van der Waals surface area (Å²) in [4.78, 5) is 21.4. The predicted molar refractivity (Wildman–Crippen MR) is 117 cm³/mol. The molecule has 158 valence electrons. The highest BCUT2D eigenvalue weighted by Crippen LogP contribution is 2.24. The molecule has 0 spiro atoms. The van der Waals surface area contributed by atoms with Crippen LogP contribution < -0.4 is 5.32 Å². The standard InChI is InChI=1S/C20H28N4O3S2/c1-7-24(8-2)29(26,27)17-10-9-13(3)18(11-17)23-19(25)12-28-20-21-15(5)14(4)16(6)22-20/h9-11H,7-8,12H2,1-6H3,(H,23,25). The number of nitrogens with zero attached hydrogens (tertiary/aromatic N) is 3. The molecule has 1 aromatic heterocycles. The van der Waals surface area contributed by atoms with Gasteiger partial charge >= 0.3 is 0 Å². The summed E-state index contributed by atoms with van der Waals surface area (Å²) < 4.78 is 26.9. The van der Waals surface area contributed by atoms with Crippen LogP contribution in [0.25, 0.3) is 0 Å².